The molecule has 0 radical (unpaired) electrons. The van der Waals surface area contributed by atoms with Gasteiger partial charge in [0.15, 0.2) is 11.6 Å². The molecule has 0 heterocycles. The predicted octanol–water partition coefficient (Wildman–Crippen LogP) is 1.47. The average molecular weight is 257 g/mol. The monoisotopic (exact) mass is 257 g/mol. The van der Waals surface area contributed by atoms with Crippen LogP contribution >= 0.6 is 0 Å². The third kappa shape index (κ3) is 2.19. The zero-order valence-corrected chi connectivity index (χ0v) is 8.63. The fraction of sp³-hybridized carbons (Fsp3) is 0.143. The zero-order valence-electron chi connectivity index (χ0n) is 7.82. The summed E-state index contributed by atoms with van der Waals surface area (Å²) in [7, 11) is -4.25. The van der Waals surface area contributed by atoms with Crippen LogP contribution in [0.4, 0.5) is 18.9 Å². The molecule has 0 aromatic heterocycles. The quantitative estimate of drug-likeness (QED) is 0.657. The number of halogens is 3. The largest absolute Gasteiger partial charge is 0.494 e. The molecule has 9 heteroatoms. The van der Waals surface area contributed by atoms with Gasteiger partial charge in [0, 0.05) is 0 Å². The molecule has 1 rings (SSSR count). The molecule has 0 amide bonds. The van der Waals surface area contributed by atoms with Gasteiger partial charge in [0.2, 0.25) is 5.82 Å². The first-order valence-electron chi connectivity index (χ1n) is 3.74. The van der Waals surface area contributed by atoms with Gasteiger partial charge in [-0.3, -0.25) is 4.55 Å². The van der Waals surface area contributed by atoms with Crippen LogP contribution in [0.5, 0.6) is 5.75 Å². The summed E-state index contributed by atoms with van der Waals surface area (Å²) in [5, 5.41) is 0. The summed E-state index contributed by atoms with van der Waals surface area (Å²) in [6.45, 7) is 0. The highest BCUT2D eigenvalue weighted by molar-refractivity contribution is 7.87. The van der Waals surface area contributed by atoms with E-state index in [1.165, 1.54) is 0 Å². The summed E-state index contributed by atoms with van der Waals surface area (Å²) in [4.78, 5) is 0. The molecule has 90 valence electrons. The van der Waals surface area contributed by atoms with Gasteiger partial charge in [-0.15, -0.1) is 0 Å². The summed E-state index contributed by atoms with van der Waals surface area (Å²) < 4.78 is 71.1. The van der Waals surface area contributed by atoms with E-state index in [4.69, 9.17) is 4.55 Å². The molecule has 0 aliphatic rings. The predicted molar refractivity (Wildman–Crippen MR) is 48.0 cm³/mol. The second kappa shape index (κ2) is 4.18. The molecule has 1 aromatic carbocycles. The van der Waals surface area contributed by atoms with Crippen LogP contribution in [-0.4, -0.2) is 20.1 Å². The van der Waals surface area contributed by atoms with Crippen LogP contribution in [0.2, 0.25) is 0 Å². The van der Waals surface area contributed by atoms with Gasteiger partial charge in [-0.05, 0) is 12.1 Å². The molecule has 1 N–H and O–H groups in total. The molecule has 0 aliphatic heterocycles. The average Bonchev–Trinajstić information content (AvgIpc) is 2.20. The van der Waals surface area contributed by atoms with E-state index in [1.807, 2.05) is 0 Å². The Morgan fingerprint density at radius 1 is 1.31 bits per heavy atom. The van der Waals surface area contributed by atoms with Crippen LogP contribution in [0.15, 0.2) is 12.1 Å². The number of methoxy groups -OCH3 is 1. The van der Waals surface area contributed by atoms with Gasteiger partial charge >= 0.3 is 10.3 Å². The van der Waals surface area contributed by atoms with Crippen molar-refractivity contribution in [1.82, 2.24) is 0 Å². The molecular weight excluding hydrogens is 251 g/mol. The van der Waals surface area contributed by atoms with E-state index >= 15 is 0 Å². The first-order valence-corrected chi connectivity index (χ1v) is 5.14. The highest BCUT2D eigenvalue weighted by Crippen LogP contribution is 2.29. The first kappa shape index (κ1) is 12.6. The van der Waals surface area contributed by atoms with E-state index in [0.717, 1.165) is 13.2 Å². The number of rotatable bonds is 3. The molecular formula is C7H6F3NO4S. The van der Waals surface area contributed by atoms with Crippen LogP contribution in [0.25, 0.3) is 0 Å². The number of ether oxygens (including phenoxy) is 1. The lowest BCUT2D eigenvalue weighted by Gasteiger charge is -2.11. The summed E-state index contributed by atoms with van der Waals surface area (Å²) in [5.74, 6) is -3.88. The Bertz CT molecular complexity index is 505. The molecule has 0 saturated heterocycles. The maximum atomic E-state index is 13.1. The summed E-state index contributed by atoms with van der Waals surface area (Å²) in [6, 6.07) is 1.41. The number of anilines is 1. The van der Waals surface area contributed by atoms with Gasteiger partial charge < -0.3 is 4.74 Å². The fourth-order valence-corrected chi connectivity index (χ4v) is 1.33. The van der Waals surface area contributed by atoms with E-state index in [2.05, 4.69) is 4.74 Å². The summed E-state index contributed by atoms with van der Waals surface area (Å²) >= 11 is 0. The molecule has 0 unspecified atom stereocenters. The van der Waals surface area contributed by atoms with Crippen molar-refractivity contribution in [3.63, 3.8) is 0 Å². The zero-order chi connectivity index (χ0) is 12.5. The van der Waals surface area contributed by atoms with Crippen molar-refractivity contribution in [1.29, 1.82) is 0 Å². The van der Waals surface area contributed by atoms with Crippen LogP contribution in [0.3, 0.4) is 0 Å². The Labute approximate surface area is 88.9 Å². The molecule has 16 heavy (non-hydrogen) atoms. The van der Waals surface area contributed by atoms with Crippen molar-refractivity contribution in [2.45, 2.75) is 0 Å². The second-order valence-electron chi connectivity index (χ2n) is 2.61. The number of hydrogen-bond acceptors (Lipinski definition) is 3. The van der Waals surface area contributed by atoms with E-state index < -0.39 is 37.9 Å². The Morgan fingerprint density at radius 3 is 2.31 bits per heavy atom. The van der Waals surface area contributed by atoms with Crippen molar-refractivity contribution < 1.29 is 31.0 Å². The highest BCUT2D eigenvalue weighted by atomic mass is 32.2. The van der Waals surface area contributed by atoms with E-state index in [0.29, 0.717) is 6.07 Å². The molecule has 0 atom stereocenters. The van der Waals surface area contributed by atoms with Crippen molar-refractivity contribution in [2.24, 2.45) is 0 Å². The van der Waals surface area contributed by atoms with Crippen molar-refractivity contribution in [3.05, 3.63) is 23.8 Å². The Morgan fingerprint density at radius 2 is 1.88 bits per heavy atom. The maximum Gasteiger partial charge on any atom is 0.386 e. The minimum atomic E-state index is -5.30. The van der Waals surface area contributed by atoms with Crippen molar-refractivity contribution in [2.75, 3.05) is 11.6 Å². The van der Waals surface area contributed by atoms with Crippen LogP contribution in [0, 0.1) is 11.6 Å². The van der Waals surface area contributed by atoms with Gasteiger partial charge in [-0.2, -0.15) is 12.8 Å². The molecule has 5 nitrogen and oxygen atoms in total. The second-order valence-corrected chi connectivity index (χ2v) is 3.82. The number of hydrogen-bond donors (Lipinski definition) is 1. The fourth-order valence-electron chi connectivity index (χ4n) is 0.939. The van der Waals surface area contributed by atoms with E-state index in [9.17, 15) is 21.7 Å². The SMILES string of the molecule is COc1ccc(N(F)S(=O)(=O)O)c(F)c1F. The number of benzene rings is 1. The molecule has 0 aliphatic carbocycles. The van der Waals surface area contributed by atoms with E-state index in [1.54, 1.807) is 0 Å². The standard InChI is InChI=1S/C7H6F3NO4S/c1-15-5-3-2-4(6(8)7(5)9)11(10)16(12,13)14/h2-3H,1H3,(H,12,13,14). The summed E-state index contributed by atoms with van der Waals surface area (Å²) in [5.41, 5.74) is -1.28. The molecule has 0 bridgehead atoms. The van der Waals surface area contributed by atoms with Gasteiger partial charge in [0.05, 0.1) is 7.11 Å². The lowest BCUT2D eigenvalue weighted by molar-refractivity contribution is 0.368. The third-order valence-corrected chi connectivity index (χ3v) is 2.24. The smallest absolute Gasteiger partial charge is 0.386 e. The third-order valence-electron chi connectivity index (χ3n) is 1.64. The van der Waals surface area contributed by atoms with Crippen molar-refractivity contribution in [3.8, 4) is 5.75 Å². The minimum Gasteiger partial charge on any atom is -0.494 e. The van der Waals surface area contributed by atoms with Gasteiger partial charge in [0.25, 0.3) is 0 Å². The minimum absolute atomic E-state index is 0.523. The van der Waals surface area contributed by atoms with Gasteiger partial charge in [0.1, 0.15) is 5.69 Å². The molecule has 0 saturated carbocycles. The van der Waals surface area contributed by atoms with Gasteiger partial charge in [-0.1, -0.05) is 9.01 Å². The van der Waals surface area contributed by atoms with E-state index in [-0.39, 0.29) is 0 Å². The highest BCUT2D eigenvalue weighted by Gasteiger charge is 2.26. The summed E-state index contributed by atoms with van der Waals surface area (Å²) in [6.07, 6.45) is 0. The Kier molecular flexibility index (Phi) is 3.29. The molecule has 0 fully saturated rings. The lowest BCUT2D eigenvalue weighted by atomic mass is 10.3. The van der Waals surface area contributed by atoms with Crippen molar-refractivity contribution >= 4 is 16.0 Å². The topological polar surface area (TPSA) is 66.8 Å². The first-order chi connectivity index (χ1) is 7.29. The van der Waals surface area contributed by atoms with Gasteiger partial charge in [-0.25, -0.2) is 4.39 Å². The van der Waals surface area contributed by atoms with Crippen LogP contribution in [-0.2, 0) is 10.3 Å². The number of nitrogens with zero attached hydrogens (tertiary/aromatic N) is 1. The molecule has 0 spiro atoms. The Hall–Kier alpha value is -1.48. The Balaban J connectivity index is 3.33. The normalized spacial score (nSPS) is 11.3. The van der Waals surface area contributed by atoms with Crippen LogP contribution in [0.1, 0.15) is 0 Å². The lowest BCUT2D eigenvalue weighted by Crippen LogP contribution is -2.22. The maximum absolute atomic E-state index is 13.1. The molecule has 1 aromatic rings. The van der Waals surface area contributed by atoms with Crippen LogP contribution < -0.4 is 9.26 Å².